The van der Waals surface area contributed by atoms with Crippen molar-refractivity contribution in [1.29, 1.82) is 0 Å². The maximum atomic E-state index is 11.8. The van der Waals surface area contributed by atoms with Crippen molar-refractivity contribution in [2.24, 2.45) is 0 Å². The molecule has 0 radical (unpaired) electrons. The van der Waals surface area contributed by atoms with Crippen molar-refractivity contribution in [3.8, 4) is 0 Å². The quantitative estimate of drug-likeness (QED) is 0.900. The number of hydrogen-bond acceptors (Lipinski definition) is 3. The number of carboxylic acids is 1. The molecule has 1 aromatic rings. The van der Waals surface area contributed by atoms with Crippen LogP contribution in [0, 0.1) is 0 Å². The summed E-state index contributed by atoms with van der Waals surface area (Å²) >= 11 is 3.24. The molecule has 0 fully saturated rings. The van der Waals surface area contributed by atoms with Crippen LogP contribution in [0.25, 0.3) is 0 Å². The zero-order valence-corrected chi connectivity index (χ0v) is 11.0. The number of rotatable bonds is 5. The number of halogens is 1. The van der Waals surface area contributed by atoms with Gasteiger partial charge >= 0.3 is 5.97 Å². The fourth-order valence-electron chi connectivity index (χ4n) is 1.27. The topological polar surface area (TPSA) is 70.5 Å². The number of aromatic nitrogens is 1. The molecule has 17 heavy (non-hydrogen) atoms. The highest BCUT2D eigenvalue weighted by Gasteiger charge is 2.12. The Morgan fingerprint density at radius 2 is 2.18 bits per heavy atom. The van der Waals surface area contributed by atoms with Crippen LogP contribution >= 0.6 is 15.9 Å². The second kappa shape index (κ2) is 6.34. The minimum Gasteiger partial charge on any atom is -0.481 e. The van der Waals surface area contributed by atoms with Gasteiger partial charge in [0.2, 0.25) is 0 Å². The number of carbonyl (C=O) groups excluding carboxylic acids is 1. The molecular formula is C11H13BrN2O3. The number of aliphatic carboxylic acids is 1. The monoisotopic (exact) mass is 300 g/mol. The first-order valence-corrected chi connectivity index (χ1v) is 5.89. The fraction of sp³-hybridized carbons (Fsp3) is 0.364. The van der Waals surface area contributed by atoms with Crippen LogP contribution in [0.1, 0.15) is 23.3 Å². The van der Waals surface area contributed by atoms with E-state index >= 15 is 0 Å². The van der Waals surface area contributed by atoms with Crippen LogP contribution in [-0.4, -0.2) is 40.5 Å². The molecule has 5 nitrogen and oxygen atoms in total. The summed E-state index contributed by atoms with van der Waals surface area (Å²) in [6.07, 6.45) is 2.05. The lowest BCUT2D eigenvalue weighted by Crippen LogP contribution is -2.28. The molecule has 0 saturated carbocycles. The Morgan fingerprint density at radius 1 is 1.47 bits per heavy atom. The molecule has 1 N–H and O–H groups in total. The third-order valence-electron chi connectivity index (χ3n) is 2.18. The van der Waals surface area contributed by atoms with Crippen molar-refractivity contribution >= 4 is 27.8 Å². The number of amides is 1. The molecule has 0 unspecified atom stereocenters. The molecule has 0 bridgehead atoms. The number of carbonyl (C=O) groups is 2. The van der Waals surface area contributed by atoms with Crippen LogP contribution in [0.5, 0.6) is 0 Å². The summed E-state index contributed by atoms with van der Waals surface area (Å²) in [5, 5.41) is 8.49. The van der Waals surface area contributed by atoms with Gasteiger partial charge in [0.05, 0.1) is 0 Å². The largest absolute Gasteiger partial charge is 0.481 e. The van der Waals surface area contributed by atoms with Crippen molar-refractivity contribution in [1.82, 2.24) is 9.88 Å². The smallest absolute Gasteiger partial charge is 0.303 e. The molecule has 1 amide bonds. The second-order valence-electron chi connectivity index (χ2n) is 3.59. The van der Waals surface area contributed by atoms with E-state index in [-0.39, 0.29) is 12.3 Å². The predicted molar refractivity (Wildman–Crippen MR) is 65.8 cm³/mol. The average molecular weight is 301 g/mol. The molecule has 1 heterocycles. The minimum atomic E-state index is -0.854. The van der Waals surface area contributed by atoms with E-state index in [4.69, 9.17) is 5.11 Å². The van der Waals surface area contributed by atoms with Gasteiger partial charge in [-0.3, -0.25) is 9.59 Å². The van der Waals surface area contributed by atoms with Gasteiger partial charge < -0.3 is 10.0 Å². The summed E-state index contributed by atoms with van der Waals surface area (Å²) in [5.41, 5.74) is 0.353. The number of hydrogen-bond donors (Lipinski definition) is 1. The van der Waals surface area contributed by atoms with Crippen molar-refractivity contribution in [3.05, 3.63) is 28.5 Å². The van der Waals surface area contributed by atoms with Gasteiger partial charge in [-0.15, -0.1) is 0 Å². The second-order valence-corrected chi connectivity index (χ2v) is 4.50. The Labute approximate surface area is 108 Å². The zero-order valence-electron chi connectivity index (χ0n) is 9.39. The van der Waals surface area contributed by atoms with Gasteiger partial charge in [-0.25, -0.2) is 4.98 Å². The van der Waals surface area contributed by atoms with E-state index < -0.39 is 5.97 Å². The summed E-state index contributed by atoms with van der Waals surface area (Å²) < 4.78 is 0.808. The van der Waals surface area contributed by atoms with Crippen LogP contribution in [0.15, 0.2) is 22.8 Å². The van der Waals surface area contributed by atoms with Gasteiger partial charge in [-0.1, -0.05) is 0 Å². The normalized spacial score (nSPS) is 10.0. The number of pyridine rings is 1. The van der Waals surface area contributed by atoms with Crippen molar-refractivity contribution < 1.29 is 14.7 Å². The SMILES string of the molecule is CN(CCCC(=O)O)C(=O)c1ccc(Br)cn1. The van der Waals surface area contributed by atoms with E-state index in [0.717, 1.165) is 4.47 Å². The molecular weight excluding hydrogens is 288 g/mol. The third-order valence-corrected chi connectivity index (χ3v) is 2.65. The minimum absolute atomic E-state index is 0.0609. The van der Waals surface area contributed by atoms with Gasteiger partial charge in [-0.05, 0) is 34.5 Å². The number of carboxylic acid groups (broad SMARTS) is 1. The standard InChI is InChI=1S/C11H13BrN2O3/c1-14(6-2-3-10(15)16)11(17)9-5-4-8(12)7-13-9/h4-5,7H,2-3,6H2,1H3,(H,15,16). The Balaban J connectivity index is 2.51. The van der Waals surface area contributed by atoms with Crippen LogP contribution in [0.2, 0.25) is 0 Å². The molecule has 0 aliphatic heterocycles. The van der Waals surface area contributed by atoms with E-state index in [9.17, 15) is 9.59 Å². The summed E-state index contributed by atoms with van der Waals surface area (Å²) in [5.74, 6) is -1.06. The van der Waals surface area contributed by atoms with E-state index in [2.05, 4.69) is 20.9 Å². The first kappa shape index (κ1) is 13.6. The summed E-state index contributed by atoms with van der Waals surface area (Å²) in [6, 6.07) is 3.37. The maximum Gasteiger partial charge on any atom is 0.303 e. The lowest BCUT2D eigenvalue weighted by molar-refractivity contribution is -0.137. The lowest BCUT2D eigenvalue weighted by Gasteiger charge is -2.15. The fourth-order valence-corrected chi connectivity index (χ4v) is 1.50. The molecule has 6 heteroatoms. The Hall–Kier alpha value is -1.43. The average Bonchev–Trinajstić information content (AvgIpc) is 2.28. The van der Waals surface area contributed by atoms with Crippen molar-refractivity contribution in [3.63, 3.8) is 0 Å². The number of nitrogens with zero attached hydrogens (tertiary/aromatic N) is 2. The van der Waals surface area contributed by atoms with Gasteiger partial charge in [0, 0.05) is 30.7 Å². The van der Waals surface area contributed by atoms with Gasteiger partial charge in [-0.2, -0.15) is 0 Å². The van der Waals surface area contributed by atoms with Crippen molar-refractivity contribution in [2.75, 3.05) is 13.6 Å². The molecule has 0 aromatic carbocycles. The van der Waals surface area contributed by atoms with Crippen LogP contribution in [-0.2, 0) is 4.79 Å². The summed E-state index contributed by atoms with van der Waals surface area (Å²) in [7, 11) is 1.63. The lowest BCUT2D eigenvalue weighted by atomic mass is 10.2. The first-order chi connectivity index (χ1) is 8.00. The Morgan fingerprint density at radius 3 is 2.71 bits per heavy atom. The van der Waals surface area contributed by atoms with Gasteiger partial charge in [0.1, 0.15) is 5.69 Å². The molecule has 1 aromatic heterocycles. The Bertz CT molecular complexity index is 406. The van der Waals surface area contributed by atoms with E-state index in [1.165, 1.54) is 4.90 Å². The molecule has 0 aliphatic rings. The summed E-state index contributed by atoms with van der Waals surface area (Å²) in [6.45, 7) is 0.406. The molecule has 0 saturated heterocycles. The van der Waals surface area contributed by atoms with E-state index in [1.54, 1.807) is 25.4 Å². The zero-order chi connectivity index (χ0) is 12.8. The molecule has 92 valence electrons. The molecule has 0 atom stereocenters. The van der Waals surface area contributed by atoms with Crippen LogP contribution in [0.3, 0.4) is 0 Å². The first-order valence-electron chi connectivity index (χ1n) is 5.09. The van der Waals surface area contributed by atoms with Gasteiger partial charge in [0.15, 0.2) is 0 Å². The van der Waals surface area contributed by atoms with E-state index in [1.807, 2.05) is 0 Å². The van der Waals surface area contributed by atoms with Crippen LogP contribution < -0.4 is 0 Å². The third kappa shape index (κ3) is 4.52. The van der Waals surface area contributed by atoms with Gasteiger partial charge in [0.25, 0.3) is 5.91 Å². The highest BCUT2D eigenvalue weighted by Crippen LogP contribution is 2.09. The maximum absolute atomic E-state index is 11.8. The van der Waals surface area contributed by atoms with Crippen LogP contribution in [0.4, 0.5) is 0 Å². The highest BCUT2D eigenvalue weighted by molar-refractivity contribution is 9.10. The molecule has 0 spiro atoms. The molecule has 0 aliphatic carbocycles. The Kier molecular flexibility index (Phi) is 5.09. The summed E-state index contributed by atoms with van der Waals surface area (Å²) in [4.78, 5) is 27.6. The predicted octanol–water partition coefficient (Wildman–Crippen LogP) is 1.78. The highest BCUT2D eigenvalue weighted by atomic mass is 79.9. The molecule has 1 rings (SSSR count). The van der Waals surface area contributed by atoms with Crippen molar-refractivity contribution in [2.45, 2.75) is 12.8 Å². The van der Waals surface area contributed by atoms with E-state index in [0.29, 0.717) is 18.7 Å².